The van der Waals surface area contributed by atoms with Crippen LogP contribution in [0.4, 0.5) is 0 Å². The third-order valence-electron chi connectivity index (χ3n) is 3.41. The van der Waals surface area contributed by atoms with Crippen molar-refractivity contribution < 1.29 is 14.3 Å². The summed E-state index contributed by atoms with van der Waals surface area (Å²) < 4.78 is 11.0. The molecule has 0 fully saturated rings. The molecule has 0 atom stereocenters. The number of ether oxygens (including phenoxy) is 1. The smallest absolute Gasteiger partial charge is 0.197 e. The highest BCUT2D eigenvalue weighted by Crippen LogP contribution is 2.29. The fourth-order valence-corrected chi connectivity index (χ4v) is 2.41. The monoisotopic (exact) mass is 282 g/mol. The van der Waals surface area contributed by atoms with E-state index in [9.17, 15) is 9.90 Å². The molecule has 0 amide bonds. The van der Waals surface area contributed by atoms with Crippen LogP contribution in [-0.2, 0) is 0 Å². The average molecular weight is 282 g/mol. The van der Waals surface area contributed by atoms with Gasteiger partial charge in [-0.25, -0.2) is 0 Å². The lowest BCUT2D eigenvalue weighted by molar-refractivity contribution is 0.419. The normalized spacial score (nSPS) is 10.8. The zero-order valence-corrected chi connectivity index (χ0v) is 11.7. The highest BCUT2D eigenvalue weighted by molar-refractivity contribution is 5.85. The molecule has 106 valence electrons. The number of aromatic hydroxyl groups is 1. The lowest BCUT2D eigenvalue weighted by atomic mass is 10.0. The Balaban J connectivity index is 2.29. The number of hydrogen-bond acceptors (Lipinski definition) is 4. The molecule has 1 heterocycles. The Morgan fingerprint density at radius 1 is 1.14 bits per heavy atom. The molecule has 0 aliphatic rings. The number of methoxy groups -OCH3 is 1. The van der Waals surface area contributed by atoms with Crippen molar-refractivity contribution in [1.82, 2.24) is 0 Å². The lowest BCUT2D eigenvalue weighted by Gasteiger charge is -2.08. The molecule has 0 bridgehead atoms. The SMILES string of the molecule is COc1cccc2oc(-c3ccc(O)cc3C)cc(=O)c12. The van der Waals surface area contributed by atoms with Crippen molar-refractivity contribution in [1.29, 1.82) is 0 Å². The molecule has 0 radical (unpaired) electrons. The maximum Gasteiger partial charge on any atom is 0.197 e. The molecule has 3 aromatic rings. The maximum atomic E-state index is 12.3. The Bertz CT molecular complexity index is 878. The van der Waals surface area contributed by atoms with E-state index in [-0.39, 0.29) is 11.2 Å². The van der Waals surface area contributed by atoms with Gasteiger partial charge in [-0.15, -0.1) is 0 Å². The van der Waals surface area contributed by atoms with Gasteiger partial charge in [-0.3, -0.25) is 4.79 Å². The molecular weight excluding hydrogens is 268 g/mol. The van der Waals surface area contributed by atoms with Crippen molar-refractivity contribution in [3.8, 4) is 22.8 Å². The minimum absolute atomic E-state index is 0.156. The Morgan fingerprint density at radius 2 is 1.95 bits per heavy atom. The zero-order chi connectivity index (χ0) is 15.0. The summed E-state index contributed by atoms with van der Waals surface area (Å²) >= 11 is 0. The van der Waals surface area contributed by atoms with E-state index >= 15 is 0 Å². The fourth-order valence-electron chi connectivity index (χ4n) is 2.41. The van der Waals surface area contributed by atoms with Gasteiger partial charge < -0.3 is 14.3 Å². The van der Waals surface area contributed by atoms with Gasteiger partial charge >= 0.3 is 0 Å². The van der Waals surface area contributed by atoms with Crippen LogP contribution >= 0.6 is 0 Å². The first kappa shape index (κ1) is 13.2. The molecule has 4 heteroatoms. The molecule has 1 N–H and O–H groups in total. The van der Waals surface area contributed by atoms with E-state index in [2.05, 4.69) is 0 Å². The van der Waals surface area contributed by atoms with Crippen molar-refractivity contribution in [2.24, 2.45) is 0 Å². The van der Waals surface area contributed by atoms with Crippen molar-refractivity contribution in [3.63, 3.8) is 0 Å². The summed E-state index contributed by atoms with van der Waals surface area (Å²) in [4.78, 5) is 12.3. The van der Waals surface area contributed by atoms with Crippen molar-refractivity contribution in [2.45, 2.75) is 6.92 Å². The summed E-state index contributed by atoms with van der Waals surface area (Å²) in [5.41, 5.74) is 1.93. The first-order valence-corrected chi connectivity index (χ1v) is 6.51. The van der Waals surface area contributed by atoms with Crippen molar-refractivity contribution >= 4 is 11.0 Å². The molecule has 21 heavy (non-hydrogen) atoms. The van der Waals surface area contributed by atoms with Crippen LogP contribution in [0, 0.1) is 6.92 Å². The number of aryl methyl sites for hydroxylation is 1. The van der Waals surface area contributed by atoms with E-state index in [1.165, 1.54) is 13.2 Å². The van der Waals surface area contributed by atoms with Crippen LogP contribution in [0.5, 0.6) is 11.5 Å². The molecule has 4 nitrogen and oxygen atoms in total. The molecular formula is C17H14O4. The maximum absolute atomic E-state index is 12.3. The quantitative estimate of drug-likeness (QED) is 0.781. The lowest BCUT2D eigenvalue weighted by Crippen LogP contribution is -2.02. The molecule has 0 unspecified atom stereocenters. The molecule has 1 aromatic heterocycles. The second-order valence-corrected chi connectivity index (χ2v) is 4.81. The number of phenolic OH excluding ortho intramolecular Hbond substituents is 1. The van der Waals surface area contributed by atoms with Gasteiger partial charge in [0.1, 0.15) is 28.2 Å². The summed E-state index contributed by atoms with van der Waals surface area (Å²) in [7, 11) is 1.52. The summed E-state index contributed by atoms with van der Waals surface area (Å²) in [6.45, 7) is 1.85. The van der Waals surface area contributed by atoms with Gasteiger partial charge in [0.15, 0.2) is 5.43 Å². The van der Waals surface area contributed by atoms with Crippen molar-refractivity contribution in [3.05, 3.63) is 58.3 Å². The van der Waals surface area contributed by atoms with Gasteiger partial charge in [0.05, 0.1) is 7.11 Å². The molecule has 0 aliphatic carbocycles. The predicted octanol–water partition coefficient (Wildman–Crippen LogP) is 3.48. The van der Waals surface area contributed by atoms with Crippen LogP contribution in [-0.4, -0.2) is 12.2 Å². The van der Waals surface area contributed by atoms with Crippen molar-refractivity contribution in [2.75, 3.05) is 7.11 Å². The second-order valence-electron chi connectivity index (χ2n) is 4.81. The Labute approximate surface area is 121 Å². The number of rotatable bonds is 2. The van der Waals surface area contributed by atoms with Gasteiger partial charge in [0, 0.05) is 11.6 Å². The van der Waals surface area contributed by atoms with Gasteiger partial charge in [-0.1, -0.05) is 6.07 Å². The van der Waals surface area contributed by atoms with Crippen LogP contribution in [0.15, 0.2) is 51.7 Å². The Hall–Kier alpha value is -2.75. The van der Waals surface area contributed by atoms with E-state index in [4.69, 9.17) is 9.15 Å². The third kappa shape index (κ3) is 2.25. The van der Waals surface area contributed by atoms with Crippen LogP contribution in [0.1, 0.15) is 5.56 Å². The second kappa shape index (κ2) is 4.98. The summed E-state index contributed by atoms with van der Waals surface area (Å²) in [5, 5.41) is 9.90. The van der Waals surface area contributed by atoms with E-state index < -0.39 is 0 Å². The minimum atomic E-state index is -0.156. The van der Waals surface area contributed by atoms with Crippen LogP contribution < -0.4 is 10.2 Å². The number of benzene rings is 2. The van der Waals surface area contributed by atoms with Gasteiger partial charge in [-0.2, -0.15) is 0 Å². The standard InChI is InChI=1S/C17H14O4/c1-10-8-11(18)6-7-12(10)16-9-13(19)17-14(20-2)4-3-5-15(17)21-16/h3-9,18H,1-2H3. The van der Waals surface area contributed by atoms with E-state index in [0.29, 0.717) is 22.5 Å². The fraction of sp³-hybridized carbons (Fsp3) is 0.118. The predicted molar refractivity (Wildman–Crippen MR) is 80.9 cm³/mol. The summed E-state index contributed by atoms with van der Waals surface area (Å²) in [5.74, 6) is 1.15. The largest absolute Gasteiger partial charge is 0.508 e. The highest BCUT2D eigenvalue weighted by Gasteiger charge is 2.12. The first-order valence-electron chi connectivity index (χ1n) is 6.51. The number of phenols is 1. The first-order chi connectivity index (χ1) is 10.1. The van der Waals surface area contributed by atoms with Crippen LogP contribution in [0.3, 0.4) is 0 Å². The number of fused-ring (bicyclic) bond motifs is 1. The molecule has 0 saturated carbocycles. The van der Waals surface area contributed by atoms with Gasteiger partial charge in [0.2, 0.25) is 0 Å². The Kier molecular flexibility index (Phi) is 3.14. The molecule has 0 aliphatic heterocycles. The number of hydrogen-bond donors (Lipinski definition) is 1. The summed E-state index contributed by atoms with van der Waals surface area (Å²) in [6, 6.07) is 11.6. The molecule has 0 saturated heterocycles. The average Bonchev–Trinajstić information content (AvgIpc) is 2.46. The highest BCUT2D eigenvalue weighted by atomic mass is 16.5. The molecule has 0 spiro atoms. The minimum Gasteiger partial charge on any atom is -0.508 e. The van der Waals surface area contributed by atoms with Gasteiger partial charge in [-0.05, 0) is 42.8 Å². The molecule has 3 rings (SSSR count). The van der Waals surface area contributed by atoms with Gasteiger partial charge in [0.25, 0.3) is 0 Å². The van der Waals surface area contributed by atoms with E-state index in [0.717, 1.165) is 11.1 Å². The van der Waals surface area contributed by atoms with Crippen LogP contribution in [0.2, 0.25) is 0 Å². The summed E-state index contributed by atoms with van der Waals surface area (Å²) in [6.07, 6.45) is 0. The zero-order valence-electron chi connectivity index (χ0n) is 11.7. The molecule has 2 aromatic carbocycles. The topological polar surface area (TPSA) is 59.7 Å². The third-order valence-corrected chi connectivity index (χ3v) is 3.41. The van der Waals surface area contributed by atoms with Crippen LogP contribution in [0.25, 0.3) is 22.3 Å². The Morgan fingerprint density at radius 3 is 2.67 bits per heavy atom. The van der Waals surface area contributed by atoms with E-state index in [1.807, 2.05) is 6.92 Å². The van der Waals surface area contributed by atoms with E-state index in [1.54, 1.807) is 36.4 Å².